The molecule has 0 unspecified atom stereocenters. The van der Waals surface area contributed by atoms with Gasteiger partial charge in [0.15, 0.2) is 0 Å². The first kappa shape index (κ1) is 8.69. The SMILES string of the molecule is COc1cc(O)c(C#N)cc1Cl. The summed E-state index contributed by atoms with van der Waals surface area (Å²) in [6.45, 7) is 0. The normalized spacial score (nSPS) is 9.08. The molecule has 0 saturated heterocycles. The third-order valence-corrected chi connectivity index (χ3v) is 1.69. The Morgan fingerprint density at radius 3 is 2.75 bits per heavy atom. The number of benzene rings is 1. The van der Waals surface area contributed by atoms with Crippen LogP contribution in [0.3, 0.4) is 0 Å². The zero-order valence-electron chi connectivity index (χ0n) is 6.34. The fourth-order valence-corrected chi connectivity index (χ4v) is 1.03. The number of phenolic OH excluding ortho intramolecular Hbond substituents is 1. The van der Waals surface area contributed by atoms with E-state index in [2.05, 4.69) is 0 Å². The summed E-state index contributed by atoms with van der Waals surface area (Å²) in [5, 5.41) is 18.0. The summed E-state index contributed by atoms with van der Waals surface area (Å²) in [6, 6.07) is 4.46. The van der Waals surface area contributed by atoms with Gasteiger partial charge in [-0.2, -0.15) is 5.26 Å². The third-order valence-electron chi connectivity index (χ3n) is 1.39. The van der Waals surface area contributed by atoms with Crippen molar-refractivity contribution >= 4 is 11.6 Å². The Morgan fingerprint density at radius 2 is 2.25 bits per heavy atom. The first-order valence-corrected chi connectivity index (χ1v) is 3.53. The first-order valence-electron chi connectivity index (χ1n) is 3.15. The summed E-state index contributed by atoms with van der Waals surface area (Å²) >= 11 is 5.69. The van der Waals surface area contributed by atoms with Gasteiger partial charge in [-0.25, -0.2) is 0 Å². The van der Waals surface area contributed by atoms with Crippen molar-refractivity contribution in [3.05, 3.63) is 22.7 Å². The van der Waals surface area contributed by atoms with Crippen LogP contribution in [0.5, 0.6) is 11.5 Å². The van der Waals surface area contributed by atoms with Crippen molar-refractivity contribution in [2.75, 3.05) is 7.11 Å². The number of halogens is 1. The lowest BCUT2D eigenvalue weighted by Gasteiger charge is -2.03. The first-order chi connectivity index (χ1) is 5.69. The van der Waals surface area contributed by atoms with Crippen LogP contribution in [0.1, 0.15) is 5.56 Å². The van der Waals surface area contributed by atoms with Crippen LogP contribution in [0.4, 0.5) is 0 Å². The van der Waals surface area contributed by atoms with E-state index in [0.717, 1.165) is 0 Å². The molecule has 0 spiro atoms. The van der Waals surface area contributed by atoms with Gasteiger partial charge in [-0.15, -0.1) is 0 Å². The molecule has 1 aromatic rings. The summed E-state index contributed by atoms with van der Waals surface area (Å²) < 4.78 is 4.82. The zero-order chi connectivity index (χ0) is 9.14. The second-order valence-corrected chi connectivity index (χ2v) is 2.52. The summed E-state index contributed by atoms with van der Waals surface area (Å²) in [7, 11) is 1.44. The standard InChI is InChI=1S/C8H6ClNO2/c1-12-8-3-7(11)5(4-10)2-6(8)9/h2-3,11H,1H3. The highest BCUT2D eigenvalue weighted by molar-refractivity contribution is 6.32. The van der Waals surface area contributed by atoms with Gasteiger partial charge in [-0.3, -0.25) is 0 Å². The van der Waals surface area contributed by atoms with Crippen LogP contribution in [-0.2, 0) is 0 Å². The minimum atomic E-state index is -0.126. The fourth-order valence-electron chi connectivity index (χ4n) is 0.789. The van der Waals surface area contributed by atoms with Crippen molar-refractivity contribution in [2.45, 2.75) is 0 Å². The fraction of sp³-hybridized carbons (Fsp3) is 0.125. The summed E-state index contributed by atoms with van der Waals surface area (Å²) in [6.07, 6.45) is 0. The maximum atomic E-state index is 9.19. The molecule has 0 fully saturated rings. The highest BCUT2D eigenvalue weighted by atomic mass is 35.5. The number of rotatable bonds is 1. The van der Waals surface area contributed by atoms with Gasteiger partial charge in [0.05, 0.1) is 17.7 Å². The molecule has 4 heteroatoms. The number of nitrogens with zero attached hydrogens (tertiary/aromatic N) is 1. The smallest absolute Gasteiger partial charge is 0.141 e. The van der Waals surface area contributed by atoms with E-state index >= 15 is 0 Å². The molecule has 0 aromatic heterocycles. The molecule has 0 bridgehead atoms. The Morgan fingerprint density at radius 1 is 1.58 bits per heavy atom. The molecule has 1 aromatic carbocycles. The van der Waals surface area contributed by atoms with Crippen LogP contribution in [-0.4, -0.2) is 12.2 Å². The van der Waals surface area contributed by atoms with Gasteiger partial charge in [-0.05, 0) is 6.07 Å². The lowest BCUT2D eigenvalue weighted by atomic mass is 10.2. The molecule has 0 heterocycles. The second-order valence-electron chi connectivity index (χ2n) is 2.12. The molecule has 0 aliphatic rings. The van der Waals surface area contributed by atoms with Gasteiger partial charge in [0.1, 0.15) is 17.6 Å². The minimum Gasteiger partial charge on any atom is -0.506 e. The molecular formula is C8H6ClNO2. The van der Waals surface area contributed by atoms with Gasteiger partial charge in [0.25, 0.3) is 0 Å². The van der Waals surface area contributed by atoms with Crippen LogP contribution < -0.4 is 4.74 Å². The van der Waals surface area contributed by atoms with Crippen LogP contribution in [0.25, 0.3) is 0 Å². The van der Waals surface area contributed by atoms with Crippen LogP contribution in [0, 0.1) is 11.3 Å². The van der Waals surface area contributed by atoms with Gasteiger partial charge in [-0.1, -0.05) is 11.6 Å². The quantitative estimate of drug-likeness (QED) is 0.724. The number of ether oxygens (including phenoxy) is 1. The number of nitriles is 1. The monoisotopic (exact) mass is 183 g/mol. The van der Waals surface area contributed by atoms with Gasteiger partial charge in [0.2, 0.25) is 0 Å². The molecule has 62 valence electrons. The lowest BCUT2D eigenvalue weighted by Crippen LogP contribution is -1.85. The summed E-state index contributed by atoms with van der Waals surface area (Å²) in [5.74, 6) is 0.229. The predicted octanol–water partition coefficient (Wildman–Crippen LogP) is 1.93. The predicted molar refractivity (Wildman–Crippen MR) is 44.4 cm³/mol. The summed E-state index contributed by atoms with van der Waals surface area (Å²) in [4.78, 5) is 0. The largest absolute Gasteiger partial charge is 0.506 e. The molecule has 1 N–H and O–H groups in total. The molecular weight excluding hydrogens is 178 g/mol. The van der Waals surface area contributed by atoms with Gasteiger partial charge < -0.3 is 9.84 Å². The Hall–Kier alpha value is -1.40. The Labute approximate surface area is 74.8 Å². The number of phenols is 1. The van der Waals surface area contributed by atoms with E-state index < -0.39 is 0 Å². The van der Waals surface area contributed by atoms with E-state index in [4.69, 9.17) is 21.6 Å². The topological polar surface area (TPSA) is 53.2 Å². The van der Waals surface area contributed by atoms with Crippen molar-refractivity contribution in [1.82, 2.24) is 0 Å². The van der Waals surface area contributed by atoms with E-state index in [1.54, 1.807) is 6.07 Å². The molecule has 1 rings (SSSR count). The van der Waals surface area contributed by atoms with E-state index in [9.17, 15) is 5.11 Å². The molecule has 0 amide bonds. The van der Waals surface area contributed by atoms with Crippen LogP contribution in [0.15, 0.2) is 12.1 Å². The Kier molecular flexibility index (Phi) is 2.41. The maximum absolute atomic E-state index is 9.19. The molecule has 12 heavy (non-hydrogen) atoms. The zero-order valence-corrected chi connectivity index (χ0v) is 7.09. The second kappa shape index (κ2) is 3.33. The molecule has 0 saturated carbocycles. The van der Waals surface area contributed by atoms with Gasteiger partial charge in [0, 0.05) is 6.07 Å². The Balaban J connectivity index is 3.28. The third kappa shape index (κ3) is 1.44. The molecule has 0 aliphatic carbocycles. The van der Waals surface area contributed by atoms with E-state index in [0.29, 0.717) is 10.8 Å². The number of methoxy groups -OCH3 is 1. The van der Waals surface area contributed by atoms with Crippen LogP contribution in [0.2, 0.25) is 5.02 Å². The molecule has 0 aliphatic heterocycles. The van der Waals surface area contributed by atoms with Gasteiger partial charge >= 0.3 is 0 Å². The highest BCUT2D eigenvalue weighted by Gasteiger charge is 2.06. The highest BCUT2D eigenvalue weighted by Crippen LogP contribution is 2.31. The van der Waals surface area contributed by atoms with Crippen molar-refractivity contribution in [1.29, 1.82) is 5.26 Å². The average molecular weight is 184 g/mol. The van der Waals surface area contributed by atoms with Crippen LogP contribution >= 0.6 is 11.6 Å². The molecule has 3 nitrogen and oxygen atoms in total. The van der Waals surface area contributed by atoms with E-state index in [1.165, 1.54) is 19.2 Å². The molecule has 0 atom stereocenters. The molecule has 0 radical (unpaired) electrons. The maximum Gasteiger partial charge on any atom is 0.141 e. The lowest BCUT2D eigenvalue weighted by molar-refractivity contribution is 0.407. The van der Waals surface area contributed by atoms with Crippen molar-refractivity contribution in [2.24, 2.45) is 0 Å². The average Bonchev–Trinajstić information content (AvgIpc) is 2.08. The number of aromatic hydroxyl groups is 1. The minimum absolute atomic E-state index is 0.126. The van der Waals surface area contributed by atoms with Crippen molar-refractivity contribution in [3.8, 4) is 17.6 Å². The number of hydrogen-bond acceptors (Lipinski definition) is 3. The van der Waals surface area contributed by atoms with E-state index in [1.807, 2.05) is 0 Å². The van der Waals surface area contributed by atoms with E-state index in [-0.39, 0.29) is 11.3 Å². The van der Waals surface area contributed by atoms with Crippen molar-refractivity contribution < 1.29 is 9.84 Å². The Bertz CT molecular complexity index is 343. The van der Waals surface area contributed by atoms with Crippen molar-refractivity contribution in [3.63, 3.8) is 0 Å². The summed E-state index contributed by atoms with van der Waals surface area (Å²) in [5.41, 5.74) is 0.140. The number of hydrogen-bond donors (Lipinski definition) is 1.